The van der Waals surface area contributed by atoms with E-state index < -0.39 is 10.1 Å². The van der Waals surface area contributed by atoms with Gasteiger partial charge < -0.3 is 15.3 Å². The van der Waals surface area contributed by atoms with Gasteiger partial charge in [0.1, 0.15) is 17.2 Å². The minimum absolute atomic E-state index is 0.194. The van der Waals surface area contributed by atoms with Crippen LogP contribution in [0.1, 0.15) is 0 Å². The van der Waals surface area contributed by atoms with E-state index in [-0.39, 0.29) is 10.6 Å². The molecule has 3 rings (SSSR count). The predicted molar refractivity (Wildman–Crippen MR) is 94.1 cm³/mol. The van der Waals surface area contributed by atoms with E-state index in [0.29, 0.717) is 11.5 Å². The average molecular weight is 362 g/mol. The summed E-state index contributed by atoms with van der Waals surface area (Å²) in [4.78, 5) is -0.308. The third-order valence-corrected chi connectivity index (χ3v) is 3.48. The highest BCUT2D eigenvalue weighted by Crippen LogP contribution is 2.14. The fourth-order valence-electron chi connectivity index (χ4n) is 1.50. The third kappa shape index (κ3) is 8.99. The summed E-state index contributed by atoms with van der Waals surface area (Å²) in [5.74, 6) is 0.449. The van der Waals surface area contributed by atoms with Gasteiger partial charge in [0.25, 0.3) is 10.1 Å². The number of benzene rings is 3. The van der Waals surface area contributed by atoms with E-state index in [2.05, 4.69) is 0 Å². The molecule has 0 aliphatic rings. The van der Waals surface area contributed by atoms with Gasteiger partial charge >= 0.3 is 0 Å². The Labute approximate surface area is 146 Å². The number of rotatable bonds is 1. The third-order valence-electron chi connectivity index (χ3n) is 2.63. The highest BCUT2D eigenvalue weighted by atomic mass is 32.2. The highest BCUT2D eigenvalue weighted by molar-refractivity contribution is 7.85. The summed E-state index contributed by atoms with van der Waals surface area (Å²) >= 11 is 0. The lowest BCUT2D eigenvalue weighted by atomic mass is 10.3. The second kappa shape index (κ2) is 9.96. The summed E-state index contributed by atoms with van der Waals surface area (Å²) < 4.78 is 29.3. The van der Waals surface area contributed by atoms with Crippen LogP contribution in [0, 0.1) is 0 Å². The Balaban J connectivity index is 0.000000195. The van der Waals surface area contributed by atoms with E-state index >= 15 is 0 Å². The number of aromatic hydroxyl groups is 3. The van der Waals surface area contributed by atoms with Crippen molar-refractivity contribution in [2.24, 2.45) is 0 Å². The molecule has 0 spiro atoms. The Morgan fingerprint density at radius 2 is 0.960 bits per heavy atom. The molecular weight excluding hydrogens is 344 g/mol. The van der Waals surface area contributed by atoms with E-state index in [9.17, 15) is 8.42 Å². The average Bonchev–Trinajstić information content (AvgIpc) is 2.57. The molecule has 0 saturated heterocycles. The first-order valence-corrected chi connectivity index (χ1v) is 8.47. The first kappa shape index (κ1) is 20.0. The molecule has 132 valence electrons. The zero-order valence-corrected chi connectivity index (χ0v) is 13.9. The zero-order valence-electron chi connectivity index (χ0n) is 13.1. The van der Waals surface area contributed by atoms with E-state index in [1.165, 1.54) is 18.2 Å². The van der Waals surface area contributed by atoms with Crippen LogP contribution >= 0.6 is 0 Å². The van der Waals surface area contributed by atoms with Gasteiger partial charge in [-0.3, -0.25) is 4.55 Å². The number of hydrogen-bond donors (Lipinski definition) is 4. The zero-order chi connectivity index (χ0) is 18.7. The number of phenols is 3. The van der Waals surface area contributed by atoms with Crippen LogP contribution in [-0.4, -0.2) is 28.3 Å². The Morgan fingerprint density at radius 1 is 0.560 bits per heavy atom. The second-order valence-electron chi connectivity index (χ2n) is 4.64. The summed E-state index contributed by atoms with van der Waals surface area (Å²) in [6.07, 6.45) is 0. The molecule has 0 bridgehead atoms. The molecule has 25 heavy (non-hydrogen) atoms. The Hall–Kier alpha value is -3.03. The van der Waals surface area contributed by atoms with Crippen molar-refractivity contribution < 1.29 is 28.3 Å². The Bertz CT molecular complexity index is 812. The Kier molecular flexibility index (Phi) is 7.98. The fraction of sp³-hybridized carbons (Fsp3) is 0. The maximum atomic E-state index is 10.4. The van der Waals surface area contributed by atoms with Crippen molar-refractivity contribution in [3.05, 3.63) is 84.9 Å². The summed E-state index contributed by atoms with van der Waals surface area (Å²) in [5, 5.41) is 26.1. The van der Waals surface area contributed by atoms with Crippen LogP contribution in [0.2, 0.25) is 0 Å². The minimum Gasteiger partial charge on any atom is -0.508 e. The molecule has 0 atom stereocenters. The van der Waals surface area contributed by atoms with E-state index in [1.54, 1.807) is 48.5 Å². The quantitative estimate of drug-likeness (QED) is 0.493. The first-order valence-electron chi connectivity index (χ1n) is 7.03. The summed E-state index contributed by atoms with van der Waals surface area (Å²) in [6, 6.07) is 22.2. The van der Waals surface area contributed by atoms with Crippen LogP contribution in [0.15, 0.2) is 89.8 Å². The normalized spacial score (nSPS) is 9.80. The molecule has 0 heterocycles. The number of para-hydroxylation sites is 2. The van der Waals surface area contributed by atoms with Gasteiger partial charge in [-0.2, -0.15) is 8.42 Å². The lowest BCUT2D eigenvalue weighted by Gasteiger charge is -1.95. The van der Waals surface area contributed by atoms with Gasteiger partial charge in [-0.1, -0.05) is 42.5 Å². The van der Waals surface area contributed by atoms with Crippen molar-refractivity contribution in [3.8, 4) is 17.2 Å². The minimum atomic E-state index is -4.19. The standard InChI is InChI=1S/C6H6O4S.2C6H6O/c7-5-2-1-3-6(4-5)11(8,9)10;2*7-6-4-2-1-3-5-6/h1-4,7H,(H,8,9,10);2*1-5,7H. The Morgan fingerprint density at radius 3 is 1.20 bits per heavy atom. The molecule has 7 heteroatoms. The number of phenolic OH excluding ortho intramolecular Hbond substituents is 3. The lowest BCUT2D eigenvalue weighted by molar-refractivity contribution is 0.466. The van der Waals surface area contributed by atoms with E-state index in [1.807, 2.05) is 12.1 Å². The van der Waals surface area contributed by atoms with Gasteiger partial charge in [-0.05, 0) is 36.4 Å². The lowest BCUT2D eigenvalue weighted by Crippen LogP contribution is -1.96. The molecule has 0 radical (unpaired) electrons. The van der Waals surface area contributed by atoms with Crippen molar-refractivity contribution >= 4 is 10.1 Å². The molecule has 0 saturated carbocycles. The van der Waals surface area contributed by atoms with Crippen LogP contribution in [0.25, 0.3) is 0 Å². The fourth-order valence-corrected chi connectivity index (χ4v) is 2.02. The van der Waals surface area contributed by atoms with E-state index in [4.69, 9.17) is 19.9 Å². The molecule has 0 fully saturated rings. The maximum Gasteiger partial charge on any atom is 0.294 e. The van der Waals surface area contributed by atoms with Crippen LogP contribution in [0.3, 0.4) is 0 Å². The highest BCUT2D eigenvalue weighted by Gasteiger charge is 2.08. The van der Waals surface area contributed by atoms with Gasteiger partial charge in [0.05, 0.1) is 4.90 Å². The van der Waals surface area contributed by atoms with Crippen molar-refractivity contribution in [1.82, 2.24) is 0 Å². The van der Waals surface area contributed by atoms with Crippen molar-refractivity contribution in [3.63, 3.8) is 0 Å². The largest absolute Gasteiger partial charge is 0.508 e. The van der Waals surface area contributed by atoms with Crippen molar-refractivity contribution in [2.45, 2.75) is 4.90 Å². The molecule has 0 amide bonds. The second-order valence-corrected chi connectivity index (χ2v) is 6.07. The van der Waals surface area contributed by atoms with Gasteiger partial charge in [0.2, 0.25) is 0 Å². The predicted octanol–water partition coefficient (Wildman–Crippen LogP) is 3.42. The van der Waals surface area contributed by atoms with Crippen LogP contribution < -0.4 is 0 Å². The van der Waals surface area contributed by atoms with Crippen molar-refractivity contribution in [1.29, 1.82) is 0 Å². The van der Waals surface area contributed by atoms with Gasteiger partial charge in [0.15, 0.2) is 0 Å². The van der Waals surface area contributed by atoms with Gasteiger partial charge in [-0.15, -0.1) is 0 Å². The monoisotopic (exact) mass is 362 g/mol. The van der Waals surface area contributed by atoms with Crippen LogP contribution in [0.5, 0.6) is 17.2 Å². The summed E-state index contributed by atoms with van der Waals surface area (Å²) in [7, 11) is -4.19. The molecule has 3 aromatic carbocycles. The van der Waals surface area contributed by atoms with Crippen LogP contribution in [-0.2, 0) is 10.1 Å². The molecule has 3 aromatic rings. The molecule has 0 unspecified atom stereocenters. The van der Waals surface area contributed by atoms with Crippen molar-refractivity contribution in [2.75, 3.05) is 0 Å². The van der Waals surface area contributed by atoms with Gasteiger partial charge in [0, 0.05) is 6.07 Å². The first-order chi connectivity index (χ1) is 11.8. The molecule has 4 N–H and O–H groups in total. The molecule has 0 aliphatic heterocycles. The van der Waals surface area contributed by atoms with E-state index in [0.717, 1.165) is 6.07 Å². The molecular formula is C18H18O6S. The van der Waals surface area contributed by atoms with Gasteiger partial charge in [-0.25, -0.2) is 0 Å². The summed E-state index contributed by atoms with van der Waals surface area (Å²) in [5.41, 5.74) is 0. The molecule has 0 aromatic heterocycles. The topological polar surface area (TPSA) is 115 Å². The molecule has 0 aliphatic carbocycles. The maximum absolute atomic E-state index is 10.4. The SMILES string of the molecule is O=S(=O)(O)c1cccc(O)c1.Oc1ccccc1.Oc1ccccc1. The smallest absolute Gasteiger partial charge is 0.294 e. The van der Waals surface area contributed by atoms with Crippen LogP contribution in [0.4, 0.5) is 0 Å². The number of hydrogen-bond acceptors (Lipinski definition) is 5. The summed E-state index contributed by atoms with van der Waals surface area (Å²) in [6.45, 7) is 0. The molecule has 6 nitrogen and oxygen atoms in total.